The molecule has 116 valence electrons. The summed E-state index contributed by atoms with van der Waals surface area (Å²) in [5.41, 5.74) is 1.04. The maximum absolute atomic E-state index is 12.2. The van der Waals surface area contributed by atoms with Gasteiger partial charge < -0.3 is 5.32 Å². The molecule has 2 rings (SSSR count). The largest absolute Gasteiger partial charge is 0.352 e. The lowest BCUT2D eigenvalue weighted by Crippen LogP contribution is -2.45. The molecule has 1 amide bonds. The van der Waals surface area contributed by atoms with Crippen molar-refractivity contribution in [2.24, 2.45) is 5.92 Å². The van der Waals surface area contributed by atoms with Crippen molar-refractivity contribution in [3.8, 4) is 0 Å². The fourth-order valence-electron chi connectivity index (χ4n) is 2.52. The number of nitrogens with zero attached hydrogens (tertiary/aromatic N) is 1. The van der Waals surface area contributed by atoms with Crippen LogP contribution in [0.15, 0.2) is 30.3 Å². The summed E-state index contributed by atoms with van der Waals surface area (Å²) in [6.45, 7) is 2.94. The van der Waals surface area contributed by atoms with Crippen LogP contribution in [-0.2, 0) is 21.4 Å². The molecule has 1 heterocycles. The van der Waals surface area contributed by atoms with Crippen molar-refractivity contribution in [1.82, 2.24) is 9.62 Å². The molecule has 6 heteroatoms. The fraction of sp³-hybridized carbons (Fsp3) is 0.533. The molecule has 1 aromatic rings. The number of rotatable bonds is 5. The van der Waals surface area contributed by atoms with Gasteiger partial charge in [0.2, 0.25) is 15.9 Å². The van der Waals surface area contributed by atoms with E-state index in [4.69, 9.17) is 0 Å². The minimum atomic E-state index is -3.20. The summed E-state index contributed by atoms with van der Waals surface area (Å²) in [4.78, 5) is 12.2. The predicted molar refractivity (Wildman–Crippen MR) is 82.0 cm³/mol. The molecule has 1 aliphatic rings. The highest BCUT2D eigenvalue weighted by molar-refractivity contribution is 7.89. The Kier molecular flexibility index (Phi) is 5.36. The van der Waals surface area contributed by atoms with Crippen LogP contribution < -0.4 is 5.32 Å². The van der Waals surface area contributed by atoms with E-state index in [1.54, 1.807) is 6.92 Å². The molecule has 0 unspecified atom stereocenters. The topological polar surface area (TPSA) is 66.5 Å². The maximum atomic E-state index is 12.2. The van der Waals surface area contributed by atoms with Gasteiger partial charge in [-0.1, -0.05) is 30.3 Å². The van der Waals surface area contributed by atoms with E-state index in [9.17, 15) is 13.2 Å². The van der Waals surface area contributed by atoms with E-state index in [-0.39, 0.29) is 17.6 Å². The Morgan fingerprint density at radius 3 is 2.71 bits per heavy atom. The van der Waals surface area contributed by atoms with Gasteiger partial charge in [-0.25, -0.2) is 12.7 Å². The molecular weight excluding hydrogens is 288 g/mol. The van der Waals surface area contributed by atoms with Crippen molar-refractivity contribution in [3.05, 3.63) is 35.9 Å². The van der Waals surface area contributed by atoms with Gasteiger partial charge in [0.05, 0.1) is 11.7 Å². The van der Waals surface area contributed by atoms with Gasteiger partial charge in [-0.15, -0.1) is 0 Å². The van der Waals surface area contributed by atoms with Crippen LogP contribution in [0.1, 0.15) is 25.3 Å². The summed E-state index contributed by atoms with van der Waals surface area (Å²) in [6.07, 6.45) is 1.49. The van der Waals surface area contributed by atoms with Crippen molar-refractivity contribution in [2.45, 2.75) is 26.3 Å². The molecular formula is C15H22N2O3S. The molecule has 0 aliphatic carbocycles. The molecule has 1 saturated heterocycles. The Hall–Kier alpha value is -1.40. The number of nitrogens with one attached hydrogen (secondary N) is 1. The summed E-state index contributed by atoms with van der Waals surface area (Å²) in [5.74, 6) is -0.218. The number of benzene rings is 1. The average Bonchev–Trinajstić information content (AvgIpc) is 2.53. The van der Waals surface area contributed by atoms with Gasteiger partial charge in [0.15, 0.2) is 0 Å². The summed E-state index contributed by atoms with van der Waals surface area (Å²) in [6, 6.07) is 9.69. The van der Waals surface area contributed by atoms with Crippen LogP contribution in [0.25, 0.3) is 0 Å². The number of carbonyl (C=O) groups excluding carboxylic acids is 1. The number of hydrogen-bond acceptors (Lipinski definition) is 3. The van der Waals surface area contributed by atoms with Gasteiger partial charge in [0.1, 0.15) is 0 Å². The summed E-state index contributed by atoms with van der Waals surface area (Å²) >= 11 is 0. The zero-order valence-electron chi connectivity index (χ0n) is 12.3. The van der Waals surface area contributed by atoms with Gasteiger partial charge in [-0.3, -0.25) is 4.79 Å². The summed E-state index contributed by atoms with van der Waals surface area (Å²) < 4.78 is 25.2. The van der Waals surface area contributed by atoms with Crippen LogP contribution in [0.5, 0.6) is 0 Å². The smallest absolute Gasteiger partial charge is 0.224 e. The number of amides is 1. The average molecular weight is 310 g/mol. The second-order valence-corrected chi connectivity index (χ2v) is 7.56. The first-order chi connectivity index (χ1) is 10.0. The minimum absolute atomic E-state index is 0.0603. The quantitative estimate of drug-likeness (QED) is 0.893. The highest BCUT2D eigenvalue weighted by atomic mass is 32.2. The van der Waals surface area contributed by atoms with Gasteiger partial charge in [0.25, 0.3) is 0 Å². The van der Waals surface area contributed by atoms with Crippen LogP contribution in [0.4, 0.5) is 0 Å². The molecule has 1 aliphatic heterocycles. The number of piperidine rings is 1. The van der Waals surface area contributed by atoms with Gasteiger partial charge in [-0.2, -0.15) is 0 Å². The van der Waals surface area contributed by atoms with E-state index in [1.807, 2.05) is 30.3 Å². The third kappa shape index (κ3) is 4.28. The molecule has 0 spiro atoms. The Morgan fingerprint density at radius 1 is 1.33 bits per heavy atom. The van der Waals surface area contributed by atoms with E-state index < -0.39 is 10.0 Å². The molecule has 5 nitrogen and oxygen atoms in total. The van der Waals surface area contributed by atoms with Gasteiger partial charge in [-0.05, 0) is 25.3 Å². The van der Waals surface area contributed by atoms with E-state index >= 15 is 0 Å². The first-order valence-corrected chi connectivity index (χ1v) is 8.93. The van der Waals surface area contributed by atoms with Gasteiger partial charge >= 0.3 is 0 Å². The lowest BCUT2D eigenvalue weighted by atomic mass is 9.99. The van der Waals surface area contributed by atoms with Crippen LogP contribution in [0.3, 0.4) is 0 Å². The zero-order valence-corrected chi connectivity index (χ0v) is 13.1. The van der Waals surface area contributed by atoms with Crippen molar-refractivity contribution in [2.75, 3.05) is 18.8 Å². The maximum Gasteiger partial charge on any atom is 0.224 e. The Labute approximate surface area is 126 Å². The lowest BCUT2D eigenvalue weighted by Gasteiger charge is -2.30. The first-order valence-electron chi connectivity index (χ1n) is 7.32. The molecule has 1 fully saturated rings. The Bertz CT molecular complexity index is 572. The minimum Gasteiger partial charge on any atom is -0.352 e. The predicted octanol–water partition coefficient (Wildman–Crippen LogP) is 1.36. The normalized spacial score (nSPS) is 20.1. The summed E-state index contributed by atoms with van der Waals surface area (Å²) in [7, 11) is -3.20. The standard InChI is InChI=1S/C15H22N2O3S/c1-2-21(19,20)17-10-6-9-14(12-17)15(18)16-11-13-7-4-3-5-8-13/h3-5,7-8,14H,2,6,9-12H2,1H3,(H,16,18)/t14-/m0/s1. The van der Waals surface area contributed by atoms with Crippen LogP contribution in [0.2, 0.25) is 0 Å². The van der Waals surface area contributed by atoms with Crippen LogP contribution in [0, 0.1) is 5.92 Å². The Balaban J connectivity index is 1.90. The van der Waals surface area contributed by atoms with Crippen LogP contribution >= 0.6 is 0 Å². The summed E-state index contributed by atoms with van der Waals surface area (Å²) in [5, 5.41) is 2.90. The van der Waals surface area contributed by atoms with E-state index in [1.165, 1.54) is 4.31 Å². The first kappa shape index (κ1) is 16.0. The van der Waals surface area contributed by atoms with E-state index in [2.05, 4.69) is 5.32 Å². The number of carbonyl (C=O) groups is 1. The number of sulfonamides is 1. The molecule has 0 radical (unpaired) electrons. The molecule has 0 aromatic heterocycles. The van der Waals surface area contributed by atoms with E-state index in [0.29, 0.717) is 19.6 Å². The molecule has 0 bridgehead atoms. The van der Waals surface area contributed by atoms with Crippen molar-refractivity contribution in [3.63, 3.8) is 0 Å². The van der Waals surface area contributed by atoms with Crippen LogP contribution in [-0.4, -0.2) is 37.5 Å². The zero-order chi connectivity index (χ0) is 15.3. The van der Waals surface area contributed by atoms with Crippen molar-refractivity contribution < 1.29 is 13.2 Å². The highest BCUT2D eigenvalue weighted by Crippen LogP contribution is 2.19. The third-order valence-corrected chi connectivity index (χ3v) is 5.67. The van der Waals surface area contributed by atoms with Crippen molar-refractivity contribution in [1.29, 1.82) is 0 Å². The molecule has 0 saturated carbocycles. The van der Waals surface area contributed by atoms with Crippen molar-refractivity contribution >= 4 is 15.9 Å². The molecule has 1 aromatic carbocycles. The molecule has 1 atom stereocenters. The lowest BCUT2D eigenvalue weighted by molar-refractivity contribution is -0.126. The third-order valence-electron chi connectivity index (χ3n) is 3.82. The SMILES string of the molecule is CCS(=O)(=O)N1CCC[C@H](C(=O)NCc2ccccc2)C1. The number of hydrogen-bond donors (Lipinski definition) is 1. The second kappa shape index (κ2) is 7.04. The Morgan fingerprint density at radius 2 is 2.05 bits per heavy atom. The monoisotopic (exact) mass is 310 g/mol. The molecule has 1 N–H and O–H groups in total. The molecule has 21 heavy (non-hydrogen) atoms. The highest BCUT2D eigenvalue weighted by Gasteiger charge is 2.31. The second-order valence-electron chi connectivity index (χ2n) is 5.30. The van der Waals surface area contributed by atoms with E-state index in [0.717, 1.165) is 18.4 Å². The van der Waals surface area contributed by atoms with Gasteiger partial charge in [0, 0.05) is 19.6 Å². The fourth-order valence-corrected chi connectivity index (χ4v) is 3.70.